The summed E-state index contributed by atoms with van der Waals surface area (Å²) in [7, 11) is 0. The molecule has 2 aliphatic heterocycles. The Balaban J connectivity index is 1.59. The van der Waals surface area contributed by atoms with Gasteiger partial charge in [-0.3, -0.25) is 4.79 Å². The van der Waals surface area contributed by atoms with Crippen LogP contribution in [0, 0.1) is 0 Å². The van der Waals surface area contributed by atoms with E-state index < -0.39 is 0 Å². The van der Waals surface area contributed by atoms with Gasteiger partial charge in [-0.05, 0) is 66.6 Å². The van der Waals surface area contributed by atoms with Crippen molar-refractivity contribution >= 4 is 35.5 Å². The predicted octanol–water partition coefficient (Wildman–Crippen LogP) is 4.85. The van der Waals surface area contributed by atoms with Crippen LogP contribution in [0.15, 0.2) is 57.9 Å². The van der Waals surface area contributed by atoms with E-state index in [2.05, 4.69) is 53.5 Å². The average Bonchev–Trinajstić information content (AvgIpc) is 3.14. The van der Waals surface area contributed by atoms with Crippen LogP contribution in [-0.2, 0) is 4.79 Å². The molecule has 2 aromatic carbocycles. The summed E-state index contributed by atoms with van der Waals surface area (Å²) in [6, 6.07) is 14.6. The van der Waals surface area contributed by atoms with Gasteiger partial charge in [0.25, 0.3) is 0 Å². The molecule has 2 heterocycles. The number of aliphatic hydroxyl groups excluding tert-OH is 1. The number of amidine groups is 1. The molecule has 1 amide bonds. The number of nitrogens with zero attached hydrogens (tertiary/aromatic N) is 3. The van der Waals surface area contributed by atoms with Crippen LogP contribution in [0.5, 0.6) is 0 Å². The smallest absolute Gasteiger partial charge is 0.250 e. The number of nitrogens with two attached hydrogens (primary N) is 1. The number of fused-ring (bicyclic) bond motifs is 1. The molecule has 1 saturated heterocycles. The quantitative estimate of drug-likeness (QED) is 0.530. The highest BCUT2D eigenvalue weighted by Crippen LogP contribution is 2.34. The highest BCUT2D eigenvalue weighted by atomic mass is 32.2. The second-order valence-corrected chi connectivity index (χ2v) is 10.1. The van der Waals surface area contributed by atoms with Crippen molar-refractivity contribution in [1.29, 1.82) is 0 Å². The second kappa shape index (κ2) is 11.2. The first kappa shape index (κ1) is 24.5. The molecule has 0 saturated carbocycles. The number of carbonyl (C=O) groups is 1. The Morgan fingerprint density at radius 1 is 1.18 bits per heavy atom. The molecule has 0 spiro atoms. The predicted molar refractivity (Wildman–Crippen MR) is 141 cm³/mol. The third-order valence-electron chi connectivity index (χ3n) is 6.07. The summed E-state index contributed by atoms with van der Waals surface area (Å²) >= 11 is 1.68. The number of aliphatic imine (C=N–C) groups is 1. The maximum absolute atomic E-state index is 13.2. The third-order valence-corrected chi connectivity index (χ3v) is 7.13. The fraction of sp³-hybridized carbons (Fsp3) is 0.407. The molecule has 2 aliphatic rings. The first-order valence-corrected chi connectivity index (χ1v) is 12.9. The Labute approximate surface area is 206 Å². The fourth-order valence-corrected chi connectivity index (χ4v) is 5.50. The summed E-state index contributed by atoms with van der Waals surface area (Å²) < 4.78 is 2.20. The zero-order valence-corrected chi connectivity index (χ0v) is 20.9. The summed E-state index contributed by atoms with van der Waals surface area (Å²) in [4.78, 5) is 20.9. The zero-order valence-electron chi connectivity index (χ0n) is 20.0. The lowest BCUT2D eigenvalue weighted by atomic mass is 10.0. The van der Waals surface area contributed by atoms with Gasteiger partial charge in [0.15, 0.2) is 0 Å². The van der Waals surface area contributed by atoms with E-state index in [9.17, 15) is 9.90 Å². The SMILES string of the molecule is CCCN(CCC)C(=O)C1=Cc2ccc(-c3cccc(SN4CCC(O)C4)c3)cc2N=C(N)C1. The number of carbonyl (C=O) groups excluding carboxylic acids is 1. The van der Waals surface area contributed by atoms with Crippen LogP contribution in [-0.4, -0.2) is 58.3 Å². The van der Waals surface area contributed by atoms with Gasteiger partial charge >= 0.3 is 0 Å². The molecule has 1 atom stereocenters. The van der Waals surface area contributed by atoms with E-state index in [1.54, 1.807) is 11.9 Å². The van der Waals surface area contributed by atoms with Crippen molar-refractivity contribution in [2.75, 3.05) is 26.2 Å². The van der Waals surface area contributed by atoms with E-state index >= 15 is 0 Å². The van der Waals surface area contributed by atoms with Crippen LogP contribution < -0.4 is 5.73 Å². The molecule has 0 aliphatic carbocycles. The van der Waals surface area contributed by atoms with Gasteiger partial charge < -0.3 is 15.7 Å². The third kappa shape index (κ3) is 5.90. The second-order valence-electron chi connectivity index (χ2n) is 8.96. The summed E-state index contributed by atoms with van der Waals surface area (Å²) in [5, 5.41) is 9.80. The topological polar surface area (TPSA) is 82.2 Å². The van der Waals surface area contributed by atoms with Crippen LogP contribution in [0.4, 0.5) is 5.69 Å². The van der Waals surface area contributed by atoms with E-state index in [1.165, 1.54) is 0 Å². The molecule has 6 nitrogen and oxygen atoms in total. The number of β-amino-alcohol motifs (C(OH)–C–C–N with tert-alkyl or cyclic N) is 1. The minimum Gasteiger partial charge on any atom is -0.392 e. The molecule has 3 N–H and O–H groups in total. The van der Waals surface area contributed by atoms with Crippen molar-refractivity contribution in [2.45, 2.75) is 50.5 Å². The van der Waals surface area contributed by atoms with Crippen LogP contribution >= 0.6 is 11.9 Å². The van der Waals surface area contributed by atoms with Gasteiger partial charge in [-0.25, -0.2) is 9.30 Å². The molecule has 1 unspecified atom stereocenters. The standard InChI is InChI=1S/C27H34N4O2S/c1-3-11-30(12-4-2)27(33)22-14-21-9-8-20(16-25(21)29-26(28)17-22)19-6-5-7-24(15-19)34-31-13-10-23(32)18-31/h5-9,14-16,23,32H,3-4,10-13,17-18H2,1-2H3,(H2,28,29). The Kier molecular flexibility index (Phi) is 8.08. The van der Waals surface area contributed by atoms with Gasteiger partial charge in [0.2, 0.25) is 5.91 Å². The normalized spacial score (nSPS) is 18.1. The van der Waals surface area contributed by atoms with E-state index in [4.69, 9.17) is 5.73 Å². The van der Waals surface area contributed by atoms with Crippen LogP contribution in [0.25, 0.3) is 17.2 Å². The minimum atomic E-state index is -0.232. The molecule has 34 heavy (non-hydrogen) atoms. The number of benzene rings is 2. The monoisotopic (exact) mass is 478 g/mol. The Morgan fingerprint density at radius 3 is 2.65 bits per heavy atom. The maximum atomic E-state index is 13.2. The molecular formula is C27H34N4O2S. The Bertz CT molecular complexity index is 1090. The van der Waals surface area contributed by atoms with Crippen molar-refractivity contribution in [3.05, 3.63) is 53.6 Å². The summed E-state index contributed by atoms with van der Waals surface area (Å²) in [5.41, 5.74) is 10.8. The van der Waals surface area contributed by atoms with E-state index in [0.29, 0.717) is 24.4 Å². The van der Waals surface area contributed by atoms with Crippen molar-refractivity contribution in [2.24, 2.45) is 10.7 Å². The molecule has 1 fully saturated rings. The van der Waals surface area contributed by atoms with Gasteiger partial charge in [-0.15, -0.1) is 0 Å². The van der Waals surface area contributed by atoms with Crippen molar-refractivity contribution < 1.29 is 9.90 Å². The lowest BCUT2D eigenvalue weighted by molar-refractivity contribution is -0.127. The van der Waals surface area contributed by atoms with Gasteiger partial charge in [-0.1, -0.05) is 38.1 Å². The number of amides is 1. The van der Waals surface area contributed by atoms with Gasteiger partial charge in [0, 0.05) is 48.6 Å². The molecule has 7 heteroatoms. The van der Waals surface area contributed by atoms with E-state index in [0.717, 1.165) is 66.2 Å². The number of aliphatic hydroxyl groups is 1. The van der Waals surface area contributed by atoms with Crippen molar-refractivity contribution in [3.8, 4) is 11.1 Å². The molecular weight excluding hydrogens is 444 g/mol. The fourth-order valence-electron chi connectivity index (χ4n) is 4.44. The number of hydrogen-bond donors (Lipinski definition) is 2. The first-order valence-electron chi connectivity index (χ1n) is 12.1. The minimum absolute atomic E-state index is 0.0514. The average molecular weight is 479 g/mol. The van der Waals surface area contributed by atoms with E-state index in [1.807, 2.05) is 23.1 Å². The molecule has 2 aromatic rings. The zero-order chi connectivity index (χ0) is 24.1. The summed E-state index contributed by atoms with van der Waals surface area (Å²) in [5.74, 6) is 0.510. The lowest BCUT2D eigenvalue weighted by Crippen LogP contribution is -2.34. The Morgan fingerprint density at radius 2 is 1.94 bits per heavy atom. The molecule has 0 bridgehead atoms. The highest BCUT2D eigenvalue weighted by molar-refractivity contribution is 7.97. The highest BCUT2D eigenvalue weighted by Gasteiger charge is 2.22. The Hall–Kier alpha value is -2.61. The summed E-state index contributed by atoms with van der Waals surface area (Å²) in [6.07, 6.45) is 4.76. The van der Waals surface area contributed by atoms with Crippen molar-refractivity contribution in [3.63, 3.8) is 0 Å². The van der Waals surface area contributed by atoms with Crippen LogP contribution in [0.2, 0.25) is 0 Å². The van der Waals surface area contributed by atoms with Gasteiger partial charge in [0.1, 0.15) is 5.84 Å². The van der Waals surface area contributed by atoms with Crippen LogP contribution in [0.3, 0.4) is 0 Å². The van der Waals surface area contributed by atoms with E-state index in [-0.39, 0.29) is 12.0 Å². The summed E-state index contributed by atoms with van der Waals surface area (Å²) in [6.45, 7) is 7.26. The van der Waals surface area contributed by atoms with Crippen molar-refractivity contribution in [1.82, 2.24) is 9.21 Å². The van der Waals surface area contributed by atoms with Gasteiger partial charge in [0.05, 0.1) is 11.8 Å². The number of hydrogen-bond acceptors (Lipinski definition) is 6. The first-order chi connectivity index (χ1) is 16.5. The molecule has 0 aromatic heterocycles. The maximum Gasteiger partial charge on any atom is 0.250 e. The molecule has 180 valence electrons. The number of rotatable bonds is 8. The molecule has 4 rings (SSSR count). The van der Waals surface area contributed by atoms with Gasteiger partial charge in [-0.2, -0.15) is 0 Å². The largest absolute Gasteiger partial charge is 0.392 e. The van der Waals surface area contributed by atoms with Crippen LogP contribution in [0.1, 0.15) is 45.1 Å². The lowest BCUT2D eigenvalue weighted by Gasteiger charge is -2.22. The molecule has 0 radical (unpaired) electrons.